The quantitative estimate of drug-likeness (QED) is 0.223. The fourth-order valence-corrected chi connectivity index (χ4v) is 3.47. The van der Waals surface area contributed by atoms with Gasteiger partial charge in [-0.25, -0.2) is 0 Å². The Morgan fingerprint density at radius 1 is 0.545 bits per heavy atom. The second-order valence-electron chi connectivity index (χ2n) is 7.30. The SMILES string of the molecule is [CH2]CCC(CC)CCCCCCCCCCCCCCCC. The van der Waals surface area contributed by atoms with E-state index < -0.39 is 0 Å². The average molecular weight is 310 g/mol. The first-order chi connectivity index (χ1) is 10.8. The van der Waals surface area contributed by atoms with Crippen molar-refractivity contribution in [1.29, 1.82) is 0 Å². The highest BCUT2D eigenvalue weighted by molar-refractivity contribution is 4.59. The maximum absolute atomic E-state index is 3.99. The molecule has 1 atom stereocenters. The predicted octanol–water partition coefficient (Wildman–Crippen LogP) is 8.50. The summed E-state index contributed by atoms with van der Waals surface area (Å²) in [6, 6.07) is 0. The van der Waals surface area contributed by atoms with Crippen LogP contribution in [0.3, 0.4) is 0 Å². The molecule has 0 spiro atoms. The lowest BCUT2D eigenvalue weighted by Gasteiger charge is -2.12. The average Bonchev–Trinajstić information content (AvgIpc) is 2.54. The van der Waals surface area contributed by atoms with Crippen molar-refractivity contribution in [3.8, 4) is 0 Å². The van der Waals surface area contributed by atoms with Gasteiger partial charge in [-0.15, -0.1) is 0 Å². The molecule has 0 rings (SSSR count). The van der Waals surface area contributed by atoms with Crippen molar-refractivity contribution < 1.29 is 0 Å². The lowest BCUT2D eigenvalue weighted by Crippen LogP contribution is -1.98. The van der Waals surface area contributed by atoms with Crippen molar-refractivity contribution >= 4 is 0 Å². The van der Waals surface area contributed by atoms with Gasteiger partial charge in [0.2, 0.25) is 0 Å². The van der Waals surface area contributed by atoms with Crippen LogP contribution < -0.4 is 0 Å². The van der Waals surface area contributed by atoms with Gasteiger partial charge in [-0.3, -0.25) is 0 Å². The van der Waals surface area contributed by atoms with Crippen LogP contribution in [0.25, 0.3) is 0 Å². The van der Waals surface area contributed by atoms with Gasteiger partial charge in [0, 0.05) is 0 Å². The smallest absolute Gasteiger partial charge is 0.0417 e. The van der Waals surface area contributed by atoms with Gasteiger partial charge >= 0.3 is 0 Å². The Kier molecular flexibility index (Phi) is 19.0. The Bertz CT molecular complexity index is 184. The maximum atomic E-state index is 3.99. The first-order valence-corrected chi connectivity index (χ1v) is 10.6. The van der Waals surface area contributed by atoms with Crippen LogP contribution in [0.5, 0.6) is 0 Å². The molecule has 0 fully saturated rings. The molecule has 0 amide bonds. The van der Waals surface area contributed by atoms with E-state index >= 15 is 0 Å². The van der Waals surface area contributed by atoms with Crippen molar-refractivity contribution in [3.63, 3.8) is 0 Å². The summed E-state index contributed by atoms with van der Waals surface area (Å²) in [5.41, 5.74) is 0. The second kappa shape index (κ2) is 19.0. The normalized spacial score (nSPS) is 12.7. The van der Waals surface area contributed by atoms with Crippen LogP contribution in [0.2, 0.25) is 0 Å². The Labute approximate surface area is 142 Å². The molecular formula is C22H45. The third-order valence-electron chi connectivity index (χ3n) is 5.16. The predicted molar refractivity (Wildman–Crippen MR) is 103 cm³/mol. The third-order valence-corrected chi connectivity index (χ3v) is 5.16. The zero-order valence-electron chi connectivity index (χ0n) is 16.0. The molecule has 133 valence electrons. The summed E-state index contributed by atoms with van der Waals surface area (Å²) in [6.45, 7) is 8.63. The van der Waals surface area contributed by atoms with Crippen LogP contribution >= 0.6 is 0 Å². The number of hydrogen-bond donors (Lipinski definition) is 0. The standard InChI is InChI=1S/C22H45/c1-4-7-8-9-10-11-12-13-14-15-16-17-18-19-21-22(6-3)20-5-2/h22H,2,4-21H2,1,3H3. The first kappa shape index (κ1) is 22.0. The third kappa shape index (κ3) is 16.4. The molecule has 0 saturated carbocycles. The first-order valence-electron chi connectivity index (χ1n) is 10.6. The van der Waals surface area contributed by atoms with Crippen LogP contribution in [0.4, 0.5) is 0 Å². The van der Waals surface area contributed by atoms with Crippen molar-refractivity contribution in [2.24, 2.45) is 5.92 Å². The van der Waals surface area contributed by atoms with Gasteiger partial charge in [-0.1, -0.05) is 136 Å². The van der Waals surface area contributed by atoms with E-state index in [9.17, 15) is 0 Å². The molecule has 0 heteroatoms. The van der Waals surface area contributed by atoms with E-state index in [4.69, 9.17) is 0 Å². The lowest BCUT2D eigenvalue weighted by atomic mass is 9.94. The van der Waals surface area contributed by atoms with Crippen molar-refractivity contribution in [1.82, 2.24) is 0 Å². The number of unbranched alkanes of at least 4 members (excludes halogenated alkanes) is 13. The highest BCUT2D eigenvalue weighted by Crippen LogP contribution is 2.19. The molecule has 0 aromatic rings. The van der Waals surface area contributed by atoms with Gasteiger partial charge in [0.1, 0.15) is 0 Å². The molecule has 0 aromatic heterocycles. The summed E-state index contributed by atoms with van der Waals surface area (Å²) in [5.74, 6) is 0.954. The maximum Gasteiger partial charge on any atom is -0.0417 e. The Morgan fingerprint density at radius 2 is 0.955 bits per heavy atom. The molecule has 0 nitrogen and oxygen atoms in total. The lowest BCUT2D eigenvalue weighted by molar-refractivity contribution is 0.413. The van der Waals surface area contributed by atoms with Gasteiger partial charge in [0.05, 0.1) is 0 Å². The van der Waals surface area contributed by atoms with Crippen LogP contribution in [0.15, 0.2) is 0 Å². The zero-order valence-corrected chi connectivity index (χ0v) is 16.0. The van der Waals surface area contributed by atoms with Gasteiger partial charge in [-0.05, 0) is 5.92 Å². The van der Waals surface area contributed by atoms with E-state index in [-0.39, 0.29) is 0 Å². The highest BCUT2D eigenvalue weighted by atomic mass is 14.1. The minimum atomic E-state index is 0.954. The molecular weight excluding hydrogens is 264 g/mol. The zero-order chi connectivity index (χ0) is 16.3. The van der Waals surface area contributed by atoms with Crippen LogP contribution in [-0.4, -0.2) is 0 Å². The molecule has 0 saturated heterocycles. The minimum absolute atomic E-state index is 0.954. The van der Waals surface area contributed by atoms with Crippen LogP contribution in [-0.2, 0) is 0 Å². The molecule has 1 unspecified atom stereocenters. The summed E-state index contributed by atoms with van der Waals surface area (Å²) in [4.78, 5) is 0. The monoisotopic (exact) mass is 309 g/mol. The molecule has 0 aliphatic heterocycles. The number of hydrogen-bond acceptors (Lipinski definition) is 0. The topological polar surface area (TPSA) is 0 Å². The minimum Gasteiger partial charge on any atom is -0.0654 e. The fourth-order valence-electron chi connectivity index (χ4n) is 3.47. The molecule has 0 bridgehead atoms. The van der Waals surface area contributed by atoms with Gasteiger partial charge < -0.3 is 0 Å². The Balaban J connectivity index is 3.08. The van der Waals surface area contributed by atoms with Gasteiger partial charge in [0.25, 0.3) is 0 Å². The molecule has 0 aliphatic carbocycles. The van der Waals surface area contributed by atoms with Crippen molar-refractivity contribution in [2.75, 3.05) is 0 Å². The van der Waals surface area contributed by atoms with E-state index in [0.29, 0.717) is 0 Å². The van der Waals surface area contributed by atoms with E-state index in [1.54, 1.807) is 0 Å². The van der Waals surface area contributed by atoms with Gasteiger partial charge in [-0.2, -0.15) is 0 Å². The van der Waals surface area contributed by atoms with E-state index in [2.05, 4.69) is 20.8 Å². The molecule has 22 heavy (non-hydrogen) atoms. The second-order valence-corrected chi connectivity index (χ2v) is 7.30. The van der Waals surface area contributed by atoms with Crippen molar-refractivity contribution in [2.45, 2.75) is 129 Å². The molecule has 1 radical (unpaired) electrons. The van der Waals surface area contributed by atoms with E-state index in [0.717, 1.165) is 12.3 Å². The highest BCUT2D eigenvalue weighted by Gasteiger charge is 2.04. The molecule has 0 N–H and O–H groups in total. The Hall–Kier alpha value is 0. The summed E-state index contributed by atoms with van der Waals surface area (Å²) in [5, 5.41) is 0. The number of rotatable bonds is 18. The summed E-state index contributed by atoms with van der Waals surface area (Å²) < 4.78 is 0. The largest absolute Gasteiger partial charge is 0.0654 e. The molecule has 0 aromatic carbocycles. The van der Waals surface area contributed by atoms with E-state index in [1.165, 1.54) is 109 Å². The molecule has 0 heterocycles. The summed E-state index contributed by atoms with van der Waals surface area (Å²) in [7, 11) is 0. The van der Waals surface area contributed by atoms with Gasteiger partial charge in [0.15, 0.2) is 0 Å². The van der Waals surface area contributed by atoms with E-state index in [1.807, 2.05) is 0 Å². The summed E-state index contributed by atoms with van der Waals surface area (Å²) in [6.07, 6.45) is 25.8. The van der Waals surface area contributed by atoms with Crippen molar-refractivity contribution in [3.05, 3.63) is 6.92 Å². The fraction of sp³-hybridized carbons (Fsp3) is 0.955. The van der Waals surface area contributed by atoms with Crippen LogP contribution in [0.1, 0.15) is 129 Å². The summed E-state index contributed by atoms with van der Waals surface area (Å²) >= 11 is 0. The molecule has 0 aliphatic rings. The Morgan fingerprint density at radius 3 is 1.32 bits per heavy atom. The van der Waals surface area contributed by atoms with Crippen LogP contribution in [0, 0.1) is 12.8 Å².